The Morgan fingerprint density at radius 2 is 1.71 bits per heavy atom. The zero-order chi connectivity index (χ0) is 14.7. The SMILES string of the molecule is Fc1cccc(-c2nc(Cl)cc(Nc3ccccc3)n2)c1. The van der Waals surface area contributed by atoms with Gasteiger partial charge in [0.25, 0.3) is 0 Å². The van der Waals surface area contributed by atoms with E-state index in [0.717, 1.165) is 5.69 Å². The molecule has 0 aliphatic heterocycles. The summed E-state index contributed by atoms with van der Waals surface area (Å²) in [5.41, 5.74) is 1.46. The van der Waals surface area contributed by atoms with E-state index >= 15 is 0 Å². The number of nitrogens with one attached hydrogen (secondary N) is 1. The molecule has 0 bridgehead atoms. The van der Waals surface area contributed by atoms with Gasteiger partial charge < -0.3 is 5.32 Å². The third-order valence-corrected chi connectivity index (χ3v) is 3.02. The Morgan fingerprint density at radius 3 is 2.48 bits per heavy atom. The van der Waals surface area contributed by atoms with Crippen molar-refractivity contribution in [2.45, 2.75) is 0 Å². The average molecular weight is 300 g/mol. The predicted octanol–water partition coefficient (Wildman–Crippen LogP) is 4.68. The Labute approximate surface area is 126 Å². The minimum atomic E-state index is -0.339. The second kappa shape index (κ2) is 5.89. The fourth-order valence-corrected chi connectivity index (χ4v) is 2.09. The molecule has 2 aromatic carbocycles. The van der Waals surface area contributed by atoms with Crippen LogP contribution in [0.4, 0.5) is 15.9 Å². The number of hydrogen-bond donors (Lipinski definition) is 1. The summed E-state index contributed by atoms with van der Waals surface area (Å²) in [5.74, 6) is 0.592. The lowest BCUT2D eigenvalue weighted by molar-refractivity contribution is 0.628. The third kappa shape index (κ3) is 3.35. The van der Waals surface area contributed by atoms with Crippen LogP contribution in [0.1, 0.15) is 0 Å². The maximum atomic E-state index is 13.3. The van der Waals surface area contributed by atoms with Crippen LogP contribution in [0.2, 0.25) is 5.15 Å². The Hall–Kier alpha value is -2.46. The van der Waals surface area contributed by atoms with Crippen molar-refractivity contribution in [3.05, 3.63) is 71.6 Å². The smallest absolute Gasteiger partial charge is 0.163 e. The van der Waals surface area contributed by atoms with Crippen LogP contribution in [0.25, 0.3) is 11.4 Å². The zero-order valence-electron chi connectivity index (χ0n) is 10.9. The minimum Gasteiger partial charge on any atom is -0.340 e. The number of para-hydroxylation sites is 1. The third-order valence-electron chi connectivity index (χ3n) is 2.82. The van der Waals surface area contributed by atoms with E-state index in [1.165, 1.54) is 12.1 Å². The second-order valence-electron chi connectivity index (χ2n) is 4.40. The highest BCUT2D eigenvalue weighted by atomic mass is 35.5. The number of halogens is 2. The Kier molecular flexibility index (Phi) is 3.79. The van der Waals surface area contributed by atoms with Gasteiger partial charge in [-0.2, -0.15) is 0 Å². The maximum Gasteiger partial charge on any atom is 0.163 e. The molecule has 1 aromatic heterocycles. The van der Waals surface area contributed by atoms with Crippen LogP contribution in [-0.4, -0.2) is 9.97 Å². The monoisotopic (exact) mass is 299 g/mol. The Morgan fingerprint density at radius 1 is 0.905 bits per heavy atom. The van der Waals surface area contributed by atoms with E-state index in [9.17, 15) is 4.39 Å². The lowest BCUT2D eigenvalue weighted by Gasteiger charge is -2.08. The van der Waals surface area contributed by atoms with Gasteiger partial charge in [-0.25, -0.2) is 14.4 Å². The molecule has 0 aliphatic carbocycles. The van der Waals surface area contributed by atoms with Gasteiger partial charge in [0.1, 0.15) is 16.8 Å². The van der Waals surface area contributed by atoms with Gasteiger partial charge in [-0.3, -0.25) is 0 Å². The standard InChI is InChI=1S/C16H11ClFN3/c17-14-10-15(19-13-7-2-1-3-8-13)21-16(20-14)11-5-4-6-12(18)9-11/h1-10H,(H,19,20,21). The molecular formula is C16H11ClFN3. The van der Waals surface area contributed by atoms with Gasteiger partial charge in [-0.1, -0.05) is 41.9 Å². The van der Waals surface area contributed by atoms with Crippen LogP contribution in [0.3, 0.4) is 0 Å². The van der Waals surface area contributed by atoms with Crippen molar-refractivity contribution in [1.82, 2.24) is 9.97 Å². The van der Waals surface area contributed by atoms with Gasteiger partial charge in [-0.05, 0) is 24.3 Å². The van der Waals surface area contributed by atoms with Crippen LogP contribution in [0.15, 0.2) is 60.7 Å². The summed E-state index contributed by atoms with van der Waals surface area (Å²) in [6.07, 6.45) is 0. The first-order valence-electron chi connectivity index (χ1n) is 6.33. The van der Waals surface area contributed by atoms with Crippen molar-refractivity contribution in [1.29, 1.82) is 0 Å². The number of hydrogen-bond acceptors (Lipinski definition) is 3. The summed E-state index contributed by atoms with van der Waals surface area (Å²) >= 11 is 6.02. The topological polar surface area (TPSA) is 37.8 Å². The summed E-state index contributed by atoms with van der Waals surface area (Å²) in [5, 5.41) is 3.43. The van der Waals surface area contributed by atoms with E-state index in [0.29, 0.717) is 22.4 Å². The second-order valence-corrected chi connectivity index (χ2v) is 4.79. The summed E-state index contributed by atoms with van der Waals surface area (Å²) in [6.45, 7) is 0. The number of anilines is 2. The molecule has 1 heterocycles. The van der Waals surface area contributed by atoms with Gasteiger partial charge >= 0.3 is 0 Å². The molecule has 104 valence electrons. The summed E-state index contributed by atoms with van der Waals surface area (Å²) in [6, 6.07) is 17.3. The molecular weight excluding hydrogens is 289 g/mol. The first-order chi connectivity index (χ1) is 10.2. The van der Waals surface area contributed by atoms with Crippen LogP contribution in [-0.2, 0) is 0 Å². The summed E-state index contributed by atoms with van der Waals surface area (Å²) in [4.78, 5) is 8.50. The van der Waals surface area contributed by atoms with E-state index < -0.39 is 0 Å². The minimum absolute atomic E-state index is 0.294. The van der Waals surface area contributed by atoms with Crippen molar-refractivity contribution in [2.75, 3.05) is 5.32 Å². The Bertz CT molecular complexity index is 762. The number of benzene rings is 2. The Balaban J connectivity index is 1.97. The molecule has 0 amide bonds. The largest absolute Gasteiger partial charge is 0.340 e. The first kappa shape index (κ1) is 13.5. The van der Waals surface area contributed by atoms with E-state index in [2.05, 4.69) is 15.3 Å². The molecule has 0 unspecified atom stereocenters. The van der Waals surface area contributed by atoms with Crippen molar-refractivity contribution < 1.29 is 4.39 Å². The van der Waals surface area contributed by atoms with Crippen LogP contribution >= 0.6 is 11.6 Å². The number of nitrogens with zero attached hydrogens (tertiary/aromatic N) is 2. The molecule has 0 spiro atoms. The van der Waals surface area contributed by atoms with Gasteiger partial charge in [-0.15, -0.1) is 0 Å². The first-order valence-corrected chi connectivity index (χ1v) is 6.71. The van der Waals surface area contributed by atoms with E-state index in [4.69, 9.17) is 11.6 Å². The lowest BCUT2D eigenvalue weighted by atomic mass is 10.2. The molecule has 0 saturated carbocycles. The number of aromatic nitrogens is 2. The van der Waals surface area contributed by atoms with E-state index in [1.54, 1.807) is 18.2 Å². The molecule has 21 heavy (non-hydrogen) atoms. The highest BCUT2D eigenvalue weighted by Crippen LogP contribution is 2.23. The molecule has 0 saturated heterocycles. The fourth-order valence-electron chi connectivity index (χ4n) is 1.91. The van der Waals surface area contributed by atoms with E-state index in [1.807, 2.05) is 30.3 Å². The van der Waals surface area contributed by atoms with Gasteiger partial charge in [0.05, 0.1) is 0 Å². The highest BCUT2D eigenvalue weighted by Gasteiger charge is 2.07. The summed E-state index contributed by atoms with van der Waals surface area (Å²) in [7, 11) is 0. The molecule has 0 fully saturated rings. The molecule has 0 radical (unpaired) electrons. The molecule has 0 atom stereocenters. The van der Waals surface area contributed by atoms with Crippen molar-refractivity contribution in [3.8, 4) is 11.4 Å². The molecule has 3 nitrogen and oxygen atoms in total. The van der Waals surface area contributed by atoms with Gasteiger partial charge in [0, 0.05) is 17.3 Å². The van der Waals surface area contributed by atoms with Crippen molar-refractivity contribution >= 4 is 23.1 Å². The van der Waals surface area contributed by atoms with Crippen molar-refractivity contribution in [3.63, 3.8) is 0 Å². The van der Waals surface area contributed by atoms with Gasteiger partial charge in [0.15, 0.2) is 5.82 Å². The highest BCUT2D eigenvalue weighted by molar-refractivity contribution is 6.29. The van der Waals surface area contributed by atoms with Gasteiger partial charge in [0.2, 0.25) is 0 Å². The summed E-state index contributed by atoms with van der Waals surface area (Å²) < 4.78 is 13.3. The lowest BCUT2D eigenvalue weighted by Crippen LogP contribution is -1.97. The average Bonchev–Trinajstić information content (AvgIpc) is 2.48. The normalized spacial score (nSPS) is 10.4. The number of rotatable bonds is 3. The van der Waals surface area contributed by atoms with E-state index in [-0.39, 0.29) is 5.82 Å². The quantitative estimate of drug-likeness (QED) is 0.714. The van der Waals surface area contributed by atoms with Crippen LogP contribution in [0, 0.1) is 5.82 Å². The predicted molar refractivity (Wildman–Crippen MR) is 82.2 cm³/mol. The zero-order valence-corrected chi connectivity index (χ0v) is 11.7. The molecule has 3 rings (SSSR count). The molecule has 5 heteroatoms. The van der Waals surface area contributed by atoms with Crippen molar-refractivity contribution in [2.24, 2.45) is 0 Å². The molecule has 1 N–H and O–H groups in total. The van der Waals surface area contributed by atoms with Crippen LogP contribution < -0.4 is 5.32 Å². The molecule has 3 aromatic rings. The fraction of sp³-hybridized carbons (Fsp3) is 0. The maximum absolute atomic E-state index is 13.3. The molecule has 0 aliphatic rings. The van der Waals surface area contributed by atoms with Crippen LogP contribution in [0.5, 0.6) is 0 Å².